The lowest BCUT2D eigenvalue weighted by Crippen LogP contribution is -2.55. The summed E-state index contributed by atoms with van der Waals surface area (Å²) in [7, 11) is 1.57. The molecule has 3 N–H and O–H groups in total. The quantitative estimate of drug-likeness (QED) is 0.639. The first kappa shape index (κ1) is 10.9. The Morgan fingerprint density at radius 2 is 2.00 bits per heavy atom. The summed E-state index contributed by atoms with van der Waals surface area (Å²) in [5.74, 6) is 0.572. The average Bonchev–Trinajstić information content (AvgIpc) is 2.15. The zero-order chi connectivity index (χ0) is 10.0. The third-order valence-corrected chi connectivity index (χ3v) is 3.06. The highest BCUT2D eigenvalue weighted by molar-refractivity contribution is 4.86. The van der Waals surface area contributed by atoms with E-state index in [1.165, 1.54) is 0 Å². The summed E-state index contributed by atoms with van der Waals surface area (Å²) in [4.78, 5) is 0. The van der Waals surface area contributed by atoms with Crippen LogP contribution in [0.15, 0.2) is 0 Å². The van der Waals surface area contributed by atoms with Crippen molar-refractivity contribution in [2.75, 3.05) is 13.7 Å². The van der Waals surface area contributed by atoms with E-state index in [0.717, 1.165) is 0 Å². The molecule has 5 atom stereocenters. The zero-order valence-corrected chi connectivity index (χ0v) is 8.43. The molecule has 0 aromatic carbocycles. The van der Waals surface area contributed by atoms with Crippen LogP contribution >= 0.6 is 0 Å². The maximum absolute atomic E-state index is 9.06. The monoisotopic (exact) mass is 189 g/mol. The Kier molecular flexibility index (Phi) is 3.67. The molecule has 4 heteroatoms. The van der Waals surface area contributed by atoms with Crippen LogP contribution in [0.3, 0.4) is 0 Å². The number of hydrogen-bond donors (Lipinski definition) is 2. The van der Waals surface area contributed by atoms with Gasteiger partial charge >= 0.3 is 0 Å². The van der Waals surface area contributed by atoms with Crippen molar-refractivity contribution in [3.05, 3.63) is 0 Å². The fraction of sp³-hybridized carbons (Fsp3) is 1.00. The lowest BCUT2D eigenvalue weighted by Gasteiger charge is -2.41. The molecular weight excluding hydrogens is 170 g/mol. The minimum absolute atomic E-state index is 0.0259. The van der Waals surface area contributed by atoms with E-state index in [1.807, 2.05) is 6.92 Å². The van der Waals surface area contributed by atoms with Crippen molar-refractivity contribution in [2.45, 2.75) is 32.3 Å². The Bertz CT molecular complexity index is 145. The number of rotatable bonds is 2. The Morgan fingerprint density at radius 1 is 1.38 bits per heavy atom. The van der Waals surface area contributed by atoms with Gasteiger partial charge in [0, 0.05) is 7.11 Å². The van der Waals surface area contributed by atoms with E-state index in [9.17, 15) is 0 Å². The molecule has 0 aliphatic carbocycles. The van der Waals surface area contributed by atoms with Gasteiger partial charge in [0.1, 0.15) is 0 Å². The minimum Gasteiger partial charge on any atom is -0.394 e. The van der Waals surface area contributed by atoms with Crippen LogP contribution in [0.2, 0.25) is 0 Å². The molecule has 1 aliphatic heterocycles. The van der Waals surface area contributed by atoms with Crippen LogP contribution in [0.4, 0.5) is 0 Å². The average molecular weight is 189 g/mol. The highest BCUT2D eigenvalue weighted by Gasteiger charge is 2.39. The summed E-state index contributed by atoms with van der Waals surface area (Å²) in [5, 5.41) is 9.06. The lowest BCUT2D eigenvalue weighted by atomic mass is 9.83. The van der Waals surface area contributed by atoms with Gasteiger partial charge in [0.05, 0.1) is 18.8 Å². The van der Waals surface area contributed by atoms with Gasteiger partial charge in [-0.15, -0.1) is 0 Å². The van der Waals surface area contributed by atoms with E-state index < -0.39 is 0 Å². The first-order valence-electron chi connectivity index (χ1n) is 4.66. The molecule has 1 rings (SSSR count). The van der Waals surface area contributed by atoms with Crippen molar-refractivity contribution in [3.8, 4) is 0 Å². The van der Waals surface area contributed by atoms with E-state index in [1.54, 1.807) is 7.11 Å². The molecule has 0 amide bonds. The molecule has 0 spiro atoms. The van der Waals surface area contributed by atoms with Gasteiger partial charge in [0.15, 0.2) is 6.29 Å². The molecule has 13 heavy (non-hydrogen) atoms. The maximum atomic E-state index is 9.06. The largest absolute Gasteiger partial charge is 0.394 e. The summed E-state index contributed by atoms with van der Waals surface area (Å²) >= 11 is 0. The van der Waals surface area contributed by atoms with Crippen LogP contribution in [0.1, 0.15) is 13.8 Å². The van der Waals surface area contributed by atoms with Gasteiger partial charge < -0.3 is 20.3 Å². The molecule has 1 saturated heterocycles. The summed E-state index contributed by atoms with van der Waals surface area (Å²) in [6, 6.07) is -0.109. The van der Waals surface area contributed by atoms with Crippen molar-refractivity contribution in [1.29, 1.82) is 0 Å². The van der Waals surface area contributed by atoms with Gasteiger partial charge in [-0.3, -0.25) is 0 Å². The summed E-state index contributed by atoms with van der Waals surface area (Å²) < 4.78 is 10.6. The Balaban J connectivity index is 2.66. The summed E-state index contributed by atoms with van der Waals surface area (Å²) in [6.45, 7) is 4.13. The predicted molar refractivity (Wildman–Crippen MR) is 49.1 cm³/mol. The van der Waals surface area contributed by atoms with Gasteiger partial charge in [0.25, 0.3) is 0 Å². The standard InChI is InChI=1S/C9H19NO3/c1-5-6(2)8(10)9(12-3)13-7(5)4-11/h5-9,11H,4,10H2,1-3H3/t5-,6?,7?,8?,9-/m1/s1. The van der Waals surface area contributed by atoms with Gasteiger partial charge in [0.2, 0.25) is 0 Å². The van der Waals surface area contributed by atoms with Crippen LogP contribution in [0.25, 0.3) is 0 Å². The first-order chi connectivity index (χ1) is 6.11. The SMILES string of the molecule is CO[C@@H]1OC(CO)[C@H](C)C(C)C1N. The Hall–Kier alpha value is -0.160. The third-order valence-electron chi connectivity index (χ3n) is 3.06. The van der Waals surface area contributed by atoms with Crippen LogP contribution < -0.4 is 5.73 Å². The van der Waals surface area contributed by atoms with Gasteiger partial charge in [-0.05, 0) is 11.8 Å². The van der Waals surface area contributed by atoms with Crippen LogP contribution in [-0.2, 0) is 9.47 Å². The van der Waals surface area contributed by atoms with Crippen molar-refractivity contribution in [3.63, 3.8) is 0 Å². The van der Waals surface area contributed by atoms with Crippen molar-refractivity contribution in [1.82, 2.24) is 0 Å². The lowest BCUT2D eigenvalue weighted by molar-refractivity contribution is -0.226. The highest BCUT2D eigenvalue weighted by Crippen LogP contribution is 2.29. The summed E-state index contributed by atoms with van der Waals surface area (Å²) in [6.07, 6.45) is -0.539. The van der Waals surface area contributed by atoms with Crippen LogP contribution in [-0.4, -0.2) is 37.3 Å². The second-order valence-electron chi connectivity index (χ2n) is 3.76. The van der Waals surface area contributed by atoms with Crippen LogP contribution in [0.5, 0.6) is 0 Å². The third kappa shape index (κ3) is 2.02. The van der Waals surface area contributed by atoms with Crippen molar-refractivity contribution >= 4 is 0 Å². The van der Waals surface area contributed by atoms with E-state index in [4.69, 9.17) is 20.3 Å². The van der Waals surface area contributed by atoms with E-state index in [0.29, 0.717) is 5.92 Å². The number of aliphatic hydroxyl groups excluding tert-OH is 1. The number of ether oxygens (including phenoxy) is 2. The number of nitrogens with two attached hydrogens (primary N) is 1. The molecule has 1 heterocycles. The molecule has 78 valence electrons. The molecule has 0 radical (unpaired) electrons. The van der Waals surface area contributed by atoms with Gasteiger partial charge in [-0.2, -0.15) is 0 Å². The van der Waals surface area contributed by atoms with Crippen molar-refractivity contribution < 1.29 is 14.6 Å². The fourth-order valence-corrected chi connectivity index (χ4v) is 1.75. The second kappa shape index (κ2) is 4.37. The van der Waals surface area contributed by atoms with Gasteiger partial charge in [-0.25, -0.2) is 0 Å². The highest BCUT2D eigenvalue weighted by atomic mass is 16.7. The molecule has 4 nitrogen and oxygen atoms in total. The molecule has 0 aromatic rings. The topological polar surface area (TPSA) is 64.7 Å². The van der Waals surface area contributed by atoms with Crippen LogP contribution in [0, 0.1) is 11.8 Å². The molecule has 1 aliphatic rings. The Labute approximate surface area is 79.0 Å². The minimum atomic E-state index is -0.386. The molecule has 0 aromatic heterocycles. The van der Waals surface area contributed by atoms with E-state index >= 15 is 0 Å². The molecule has 1 fully saturated rings. The first-order valence-corrected chi connectivity index (χ1v) is 4.66. The van der Waals surface area contributed by atoms with Crippen molar-refractivity contribution in [2.24, 2.45) is 17.6 Å². The fourth-order valence-electron chi connectivity index (χ4n) is 1.75. The Morgan fingerprint density at radius 3 is 2.46 bits per heavy atom. The number of hydrogen-bond acceptors (Lipinski definition) is 4. The number of aliphatic hydroxyl groups is 1. The summed E-state index contributed by atoms with van der Waals surface area (Å²) in [5.41, 5.74) is 5.91. The normalized spacial score (nSPS) is 46.4. The molecule has 0 bridgehead atoms. The van der Waals surface area contributed by atoms with Gasteiger partial charge in [-0.1, -0.05) is 13.8 Å². The molecule has 0 saturated carbocycles. The zero-order valence-electron chi connectivity index (χ0n) is 8.43. The predicted octanol–water partition coefficient (Wildman–Crippen LogP) is -0.0505. The number of methoxy groups -OCH3 is 1. The maximum Gasteiger partial charge on any atom is 0.172 e. The van der Waals surface area contributed by atoms with E-state index in [2.05, 4.69) is 6.92 Å². The molecule has 3 unspecified atom stereocenters. The molecular formula is C9H19NO3. The smallest absolute Gasteiger partial charge is 0.172 e. The second-order valence-corrected chi connectivity index (χ2v) is 3.76. The van der Waals surface area contributed by atoms with E-state index in [-0.39, 0.29) is 31.0 Å².